The van der Waals surface area contributed by atoms with Gasteiger partial charge in [-0.3, -0.25) is 18.6 Å². The lowest BCUT2D eigenvalue weighted by molar-refractivity contribution is -0.147. The molecule has 0 aromatic heterocycles. The van der Waals surface area contributed by atoms with Crippen molar-refractivity contribution in [3.63, 3.8) is 0 Å². The normalized spacial score (nSPS) is 14.0. The molecule has 0 aliphatic rings. The van der Waals surface area contributed by atoms with E-state index in [0.717, 1.165) is 109 Å². The molecule has 0 fully saturated rings. The lowest BCUT2D eigenvalue weighted by atomic mass is 10.1. The SMILES string of the molecule is CC/C=C\C/C=C\C/C=C\C/C=C\C/C=C\C/C=C\CCCCCCC(=O)NCCOP(=O)(O)OCC(O)COC(=O)CCCCCCC/C=C\CCCCCCCCC. The third-order valence-electron chi connectivity index (χ3n) is 9.56. The fourth-order valence-electron chi connectivity index (χ4n) is 6.02. The van der Waals surface area contributed by atoms with Crippen molar-refractivity contribution in [1.29, 1.82) is 0 Å². The van der Waals surface area contributed by atoms with E-state index >= 15 is 0 Å². The number of aliphatic hydroxyl groups is 1. The van der Waals surface area contributed by atoms with Crippen LogP contribution < -0.4 is 5.32 Å². The molecule has 0 heterocycles. The summed E-state index contributed by atoms with van der Waals surface area (Å²) < 4.78 is 26.9. The Labute approximate surface area is 366 Å². The molecule has 2 unspecified atom stereocenters. The van der Waals surface area contributed by atoms with Crippen molar-refractivity contribution < 1.29 is 37.9 Å². The third kappa shape index (κ3) is 46.3. The molecule has 344 valence electrons. The van der Waals surface area contributed by atoms with E-state index in [-0.39, 0.29) is 32.1 Å². The van der Waals surface area contributed by atoms with Crippen molar-refractivity contribution >= 4 is 19.7 Å². The summed E-state index contributed by atoms with van der Waals surface area (Å²) in [6.45, 7) is 3.39. The van der Waals surface area contributed by atoms with Gasteiger partial charge in [0.15, 0.2) is 0 Å². The molecule has 1 amide bonds. The second kappa shape index (κ2) is 45.7. The van der Waals surface area contributed by atoms with Gasteiger partial charge in [-0.2, -0.15) is 0 Å². The maximum absolute atomic E-state index is 12.1. The number of phosphoric ester groups is 1. The van der Waals surface area contributed by atoms with E-state index in [1.54, 1.807) is 0 Å². The second-order valence-electron chi connectivity index (χ2n) is 15.3. The first-order valence-corrected chi connectivity index (χ1v) is 25.1. The van der Waals surface area contributed by atoms with Gasteiger partial charge in [-0.1, -0.05) is 170 Å². The summed E-state index contributed by atoms with van der Waals surface area (Å²) in [6, 6.07) is 0. The molecule has 0 aliphatic heterocycles. The summed E-state index contributed by atoms with van der Waals surface area (Å²) in [6.07, 6.45) is 58.0. The number of ether oxygens (including phenoxy) is 1. The highest BCUT2D eigenvalue weighted by Gasteiger charge is 2.23. The molecule has 60 heavy (non-hydrogen) atoms. The molecule has 0 radical (unpaired) electrons. The third-order valence-corrected chi connectivity index (χ3v) is 10.5. The number of allylic oxidation sites excluding steroid dienone is 14. The summed E-state index contributed by atoms with van der Waals surface area (Å²) in [5, 5.41) is 12.7. The van der Waals surface area contributed by atoms with Crippen molar-refractivity contribution in [3.8, 4) is 0 Å². The monoisotopic (exact) mass is 860 g/mol. The fourth-order valence-corrected chi connectivity index (χ4v) is 6.78. The Morgan fingerprint density at radius 3 is 1.45 bits per heavy atom. The standard InChI is InChI=1S/C50H86NO8P/c1-3-5-7-9-11-13-15-17-19-21-22-23-24-25-26-27-28-30-32-34-36-38-40-42-49(53)51-44-45-58-60(55,56)59-47-48(52)46-57-50(54)43-41-39-37-35-33-31-29-20-18-16-14-12-10-8-6-4-2/h5,7,11,13,17,19-20,22-23,25-26,28-30,48,52H,3-4,6,8-10,12,14-16,18,21,24,27,31-47H2,1-2H3,(H,51,53)(H,55,56)/b7-5-,13-11-,19-17-,23-22-,26-25-,29-20-,30-28-. The first kappa shape index (κ1) is 57.2. The van der Waals surface area contributed by atoms with Crippen LogP contribution in [0.2, 0.25) is 0 Å². The van der Waals surface area contributed by atoms with E-state index in [0.29, 0.717) is 6.42 Å². The fraction of sp³-hybridized carbons (Fsp3) is 0.680. The van der Waals surface area contributed by atoms with Gasteiger partial charge in [0, 0.05) is 19.4 Å². The maximum atomic E-state index is 12.1. The first-order valence-electron chi connectivity index (χ1n) is 23.6. The zero-order valence-corrected chi connectivity index (χ0v) is 38.8. The minimum Gasteiger partial charge on any atom is -0.463 e. The molecule has 0 aromatic rings. The quantitative estimate of drug-likeness (QED) is 0.0239. The van der Waals surface area contributed by atoms with E-state index in [2.05, 4.69) is 104 Å². The molecule has 9 nitrogen and oxygen atoms in total. The van der Waals surface area contributed by atoms with Crippen molar-refractivity contribution in [2.24, 2.45) is 0 Å². The molecule has 0 spiro atoms. The van der Waals surface area contributed by atoms with Gasteiger partial charge in [0.1, 0.15) is 12.7 Å². The average Bonchev–Trinajstić information content (AvgIpc) is 3.23. The molecule has 0 aliphatic carbocycles. The van der Waals surface area contributed by atoms with Crippen molar-refractivity contribution in [2.45, 2.75) is 193 Å². The number of nitrogens with one attached hydrogen (secondary N) is 1. The van der Waals surface area contributed by atoms with E-state index in [9.17, 15) is 24.2 Å². The van der Waals surface area contributed by atoms with E-state index < -0.39 is 26.5 Å². The summed E-state index contributed by atoms with van der Waals surface area (Å²) >= 11 is 0. The Kier molecular flexibility index (Phi) is 43.6. The highest BCUT2D eigenvalue weighted by molar-refractivity contribution is 7.47. The topological polar surface area (TPSA) is 131 Å². The number of carbonyl (C=O) groups excluding carboxylic acids is 2. The van der Waals surface area contributed by atoms with Gasteiger partial charge in [-0.15, -0.1) is 0 Å². The molecule has 0 saturated carbocycles. The minimum absolute atomic E-state index is 0.0615. The molecule has 10 heteroatoms. The predicted molar refractivity (Wildman–Crippen MR) is 252 cm³/mol. The van der Waals surface area contributed by atoms with Crippen LogP contribution in [0.1, 0.15) is 187 Å². The van der Waals surface area contributed by atoms with Crippen molar-refractivity contribution in [3.05, 3.63) is 85.1 Å². The predicted octanol–water partition coefficient (Wildman–Crippen LogP) is 13.6. The van der Waals surface area contributed by atoms with Crippen molar-refractivity contribution in [1.82, 2.24) is 5.32 Å². The maximum Gasteiger partial charge on any atom is 0.472 e. The van der Waals surface area contributed by atoms with E-state index in [1.165, 1.54) is 51.4 Å². The van der Waals surface area contributed by atoms with Gasteiger partial charge in [-0.25, -0.2) is 4.57 Å². The second-order valence-corrected chi connectivity index (χ2v) is 16.8. The number of hydrogen-bond donors (Lipinski definition) is 3. The zero-order chi connectivity index (χ0) is 43.9. The van der Waals surface area contributed by atoms with Crippen LogP contribution in [0.15, 0.2) is 85.1 Å². The van der Waals surface area contributed by atoms with Crippen LogP contribution in [0, 0.1) is 0 Å². The molecule has 0 rings (SSSR count). The van der Waals surface area contributed by atoms with Gasteiger partial charge < -0.3 is 20.1 Å². The molecular weight excluding hydrogens is 774 g/mol. The molecular formula is C50H86NO8P. The zero-order valence-electron chi connectivity index (χ0n) is 37.9. The number of aliphatic hydroxyl groups excluding tert-OH is 1. The van der Waals surface area contributed by atoms with Gasteiger partial charge in [0.2, 0.25) is 5.91 Å². The van der Waals surface area contributed by atoms with Crippen LogP contribution >= 0.6 is 7.82 Å². The van der Waals surface area contributed by atoms with Crippen molar-refractivity contribution in [2.75, 3.05) is 26.4 Å². The summed E-state index contributed by atoms with van der Waals surface area (Å²) in [7, 11) is -4.43. The number of unbranched alkanes of at least 4 members (excludes halogenated alkanes) is 16. The van der Waals surface area contributed by atoms with Gasteiger partial charge in [-0.05, 0) is 89.9 Å². The lowest BCUT2D eigenvalue weighted by Gasteiger charge is -2.15. The van der Waals surface area contributed by atoms with Crippen LogP contribution in [-0.2, 0) is 27.9 Å². The van der Waals surface area contributed by atoms with Crippen LogP contribution in [-0.4, -0.2) is 54.3 Å². The van der Waals surface area contributed by atoms with E-state index in [1.807, 2.05) is 0 Å². The number of esters is 1. The number of rotatable bonds is 43. The highest BCUT2D eigenvalue weighted by atomic mass is 31.2. The van der Waals surface area contributed by atoms with E-state index in [4.69, 9.17) is 13.8 Å². The summed E-state index contributed by atoms with van der Waals surface area (Å²) in [4.78, 5) is 34.0. The lowest BCUT2D eigenvalue weighted by Crippen LogP contribution is -2.27. The average molecular weight is 860 g/mol. The Balaban J connectivity index is 3.67. The van der Waals surface area contributed by atoms with Crippen LogP contribution in [0.25, 0.3) is 0 Å². The number of amides is 1. The number of phosphoric acid groups is 1. The molecule has 0 bridgehead atoms. The minimum atomic E-state index is -4.43. The highest BCUT2D eigenvalue weighted by Crippen LogP contribution is 2.42. The van der Waals surface area contributed by atoms with Crippen LogP contribution in [0.5, 0.6) is 0 Å². The Hall–Kier alpha value is -2.81. The Bertz CT molecular complexity index is 1250. The first-order chi connectivity index (χ1) is 29.3. The molecule has 0 aromatic carbocycles. The van der Waals surface area contributed by atoms with Gasteiger partial charge in [0.25, 0.3) is 0 Å². The molecule has 3 N–H and O–H groups in total. The largest absolute Gasteiger partial charge is 0.472 e. The smallest absolute Gasteiger partial charge is 0.463 e. The Morgan fingerprint density at radius 1 is 0.533 bits per heavy atom. The molecule has 2 atom stereocenters. The van der Waals surface area contributed by atoms with Gasteiger partial charge in [0.05, 0.1) is 13.2 Å². The van der Waals surface area contributed by atoms with Crippen LogP contribution in [0.3, 0.4) is 0 Å². The molecule has 0 saturated heterocycles. The summed E-state index contributed by atoms with van der Waals surface area (Å²) in [5.41, 5.74) is 0. The van der Waals surface area contributed by atoms with Crippen LogP contribution in [0.4, 0.5) is 0 Å². The number of carbonyl (C=O) groups is 2. The summed E-state index contributed by atoms with van der Waals surface area (Å²) in [5.74, 6) is -0.555. The number of hydrogen-bond acceptors (Lipinski definition) is 7. The van der Waals surface area contributed by atoms with Gasteiger partial charge >= 0.3 is 13.8 Å². The Morgan fingerprint density at radius 2 is 0.950 bits per heavy atom.